The molecule has 2 fully saturated rings. The van der Waals surface area contributed by atoms with Crippen molar-refractivity contribution >= 4 is 15.8 Å². The van der Waals surface area contributed by atoms with Crippen LogP contribution in [-0.4, -0.2) is 43.7 Å². The Balaban J connectivity index is 1.73. The number of carbonyl (C=O) groups excluding carboxylic acids is 1. The summed E-state index contributed by atoms with van der Waals surface area (Å²) in [6, 6.07) is 4.49. The van der Waals surface area contributed by atoms with E-state index in [1.807, 2.05) is 20.9 Å². The average Bonchev–Trinajstić information content (AvgIpc) is 3.32. The number of rotatable bonds is 8. The minimum Gasteiger partial charge on any atom is -0.497 e. The molecule has 3 atom stereocenters. The molecule has 174 valence electrons. The number of ether oxygens (including phenoxy) is 2. The molecule has 2 aliphatic carbocycles. The third-order valence-electron chi connectivity index (χ3n) is 7.70. The minimum absolute atomic E-state index is 0.0701. The molecule has 2 aromatic rings. The van der Waals surface area contributed by atoms with Crippen LogP contribution < -0.4 is 14.2 Å². The Kier molecular flexibility index (Phi) is 5.61. The SMILES string of the molecule is COc1cc(OC)cc(C(NS(=O)(=O)CC23CCC(CC2=O)C3(C)C)c2nccn2C)c1. The van der Waals surface area contributed by atoms with Gasteiger partial charge in [0.25, 0.3) is 0 Å². The summed E-state index contributed by atoms with van der Waals surface area (Å²) in [6.07, 6.45) is 5.36. The number of methoxy groups -OCH3 is 2. The molecule has 1 heterocycles. The van der Waals surface area contributed by atoms with E-state index in [0.717, 1.165) is 6.42 Å². The van der Waals surface area contributed by atoms with Crippen LogP contribution in [0, 0.1) is 16.7 Å². The second-order valence-electron chi connectivity index (χ2n) is 9.52. The molecule has 1 aromatic heterocycles. The van der Waals surface area contributed by atoms with Gasteiger partial charge in [0.2, 0.25) is 10.0 Å². The highest BCUT2D eigenvalue weighted by Crippen LogP contribution is 2.64. The standard InChI is InChI=1S/C23H31N3O5S/c1-22(2)16-6-7-23(22,19(27)12-16)14-32(28,29)25-20(21-24-8-9-26(21)3)15-10-17(30-4)13-18(11-15)31-5/h8-11,13,16,20,25H,6-7,12,14H2,1-5H3. The van der Waals surface area contributed by atoms with E-state index in [1.54, 1.807) is 49.4 Å². The van der Waals surface area contributed by atoms with E-state index in [1.165, 1.54) is 0 Å². The number of nitrogens with one attached hydrogen (secondary N) is 1. The van der Waals surface area contributed by atoms with Gasteiger partial charge in [-0.2, -0.15) is 0 Å². The van der Waals surface area contributed by atoms with E-state index in [9.17, 15) is 13.2 Å². The smallest absolute Gasteiger partial charge is 0.213 e. The van der Waals surface area contributed by atoms with Crippen molar-refractivity contribution in [1.29, 1.82) is 0 Å². The van der Waals surface area contributed by atoms with Crippen LogP contribution in [-0.2, 0) is 21.9 Å². The molecule has 1 aromatic carbocycles. The van der Waals surface area contributed by atoms with Gasteiger partial charge < -0.3 is 14.0 Å². The number of carbonyl (C=O) groups is 1. The highest BCUT2D eigenvalue weighted by Gasteiger charge is 2.65. The first-order valence-corrected chi connectivity index (χ1v) is 12.4. The predicted octanol–water partition coefficient (Wildman–Crippen LogP) is 2.84. The lowest BCUT2D eigenvalue weighted by atomic mass is 9.70. The zero-order valence-corrected chi connectivity index (χ0v) is 20.0. The van der Waals surface area contributed by atoms with Gasteiger partial charge in [0, 0.05) is 37.3 Å². The number of nitrogens with zero attached hydrogens (tertiary/aromatic N) is 2. The topological polar surface area (TPSA) is 99.5 Å². The van der Waals surface area contributed by atoms with Crippen molar-refractivity contribution in [2.24, 2.45) is 23.8 Å². The van der Waals surface area contributed by atoms with Gasteiger partial charge in [-0.25, -0.2) is 18.1 Å². The number of benzene rings is 1. The molecular formula is C23H31N3O5S. The second-order valence-corrected chi connectivity index (χ2v) is 11.3. The molecule has 4 rings (SSSR count). The highest BCUT2D eigenvalue weighted by molar-refractivity contribution is 7.89. The van der Waals surface area contributed by atoms with E-state index in [2.05, 4.69) is 9.71 Å². The van der Waals surface area contributed by atoms with E-state index >= 15 is 0 Å². The monoisotopic (exact) mass is 461 g/mol. The van der Waals surface area contributed by atoms with Gasteiger partial charge in [0.1, 0.15) is 29.1 Å². The van der Waals surface area contributed by atoms with Gasteiger partial charge >= 0.3 is 0 Å². The van der Waals surface area contributed by atoms with Gasteiger partial charge in [-0.1, -0.05) is 13.8 Å². The lowest BCUT2D eigenvalue weighted by Gasteiger charge is -2.36. The van der Waals surface area contributed by atoms with Crippen molar-refractivity contribution in [3.8, 4) is 11.5 Å². The first-order valence-electron chi connectivity index (χ1n) is 10.8. The number of hydrogen-bond acceptors (Lipinski definition) is 6. The van der Waals surface area contributed by atoms with Gasteiger partial charge in [-0.15, -0.1) is 0 Å². The summed E-state index contributed by atoms with van der Waals surface area (Å²) in [4.78, 5) is 17.3. The number of aromatic nitrogens is 2. The first-order chi connectivity index (χ1) is 15.0. The van der Waals surface area contributed by atoms with Crippen LogP contribution >= 0.6 is 0 Å². The first kappa shape index (κ1) is 22.8. The van der Waals surface area contributed by atoms with Crippen molar-refractivity contribution in [2.75, 3.05) is 20.0 Å². The summed E-state index contributed by atoms with van der Waals surface area (Å²) in [5, 5.41) is 0. The molecule has 0 aliphatic heterocycles. The fourth-order valence-corrected chi connectivity index (χ4v) is 7.59. The number of Topliss-reactive ketones (excluding diaryl/α,β-unsaturated/α-hetero) is 1. The van der Waals surface area contributed by atoms with E-state index in [0.29, 0.717) is 35.7 Å². The third kappa shape index (κ3) is 3.61. The molecule has 2 aliphatic rings. The Bertz CT molecular complexity index is 1120. The summed E-state index contributed by atoms with van der Waals surface area (Å²) in [5.74, 6) is 1.72. The Morgan fingerprint density at radius 2 is 1.88 bits per heavy atom. The van der Waals surface area contributed by atoms with Crippen LogP contribution in [0.4, 0.5) is 0 Å². The van der Waals surface area contributed by atoms with Crippen LogP contribution in [0.3, 0.4) is 0 Å². The van der Waals surface area contributed by atoms with Crippen LogP contribution in [0.2, 0.25) is 0 Å². The lowest BCUT2D eigenvalue weighted by molar-refractivity contribution is -0.128. The number of hydrogen-bond donors (Lipinski definition) is 1. The zero-order valence-electron chi connectivity index (χ0n) is 19.2. The molecule has 32 heavy (non-hydrogen) atoms. The third-order valence-corrected chi connectivity index (χ3v) is 9.16. The maximum atomic E-state index is 13.5. The Labute approximate surface area is 189 Å². The quantitative estimate of drug-likeness (QED) is 0.649. The molecule has 0 saturated heterocycles. The zero-order chi connectivity index (χ0) is 23.3. The van der Waals surface area contributed by atoms with Crippen molar-refractivity contribution < 1.29 is 22.7 Å². The van der Waals surface area contributed by atoms with Crippen LogP contribution in [0.1, 0.15) is 50.5 Å². The molecule has 2 saturated carbocycles. The Hall–Kier alpha value is -2.39. The number of imidazole rings is 1. The summed E-state index contributed by atoms with van der Waals surface area (Å²) >= 11 is 0. The summed E-state index contributed by atoms with van der Waals surface area (Å²) in [6.45, 7) is 4.07. The van der Waals surface area contributed by atoms with E-state index in [-0.39, 0.29) is 22.9 Å². The molecular weight excluding hydrogens is 430 g/mol. The van der Waals surface area contributed by atoms with Crippen molar-refractivity contribution in [1.82, 2.24) is 14.3 Å². The van der Waals surface area contributed by atoms with Gasteiger partial charge in [-0.3, -0.25) is 4.79 Å². The Morgan fingerprint density at radius 3 is 2.34 bits per heavy atom. The number of fused-ring (bicyclic) bond motifs is 2. The van der Waals surface area contributed by atoms with E-state index < -0.39 is 21.5 Å². The summed E-state index contributed by atoms with van der Waals surface area (Å²) < 4.78 is 42.5. The van der Waals surface area contributed by atoms with E-state index in [4.69, 9.17) is 9.47 Å². The summed E-state index contributed by atoms with van der Waals surface area (Å²) in [7, 11) is 1.05. The fraction of sp³-hybridized carbons (Fsp3) is 0.565. The Morgan fingerprint density at radius 1 is 1.22 bits per heavy atom. The van der Waals surface area contributed by atoms with Crippen molar-refractivity contribution in [2.45, 2.75) is 39.2 Å². The summed E-state index contributed by atoms with van der Waals surface area (Å²) in [5.41, 5.74) is -0.545. The molecule has 1 N–H and O–H groups in total. The van der Waals surface area contributed by atoms with Crippen molar-refractivity contribution in [3.05, 3.63) is 42.0 Å². The van der Waals surface area contributed by atoms with Crippen molar-refractivity contribution in [3.63, 3.8) is 0 Å². The molecule has 9 heteroatoms. The lowest BCUT2D eigenvalue weighted by Crippen LogP contribution is -2.46. The average molecular weight is 462 g/mol. The van der Waals surface area contributed by atoms with Gasteiger partial charge in [0.05, 0.1) is 20.0 Å². The molecule has 0 amide bonds. The van der Waals surface area contributed by atoms with Crippen LogP contribution in [0.5, 0.6) is 11.5 Å². The maximum absolute atomic E-state index is 13.5. The fourth-order valence-electron chi connectivity index (χ4n) is 5.58. The van der Waals surface area contributed by atoms with Gasteiger partial charge in [-0.05, 0) is 41.9 Å². The molecule has 8 nitrogen and oxygen atoms in total. The van der Waals surface area contributed by atoms with Crippen LogP contribution in [0.25, 0.3) is 0 Å². The highest BCUT2D eigenvalue weighted by atomic mass is 32.2. The minimum atomic E-state index is -3.85. The largest absolute Gasteiger partial charge is 0.497 e. The van der Waals surface area contributed by atoms with Crippen LogP contribution in [0.15, 0.2) is 30.6 Å². The predicted molar refractivity (Wildman–Crippen MR) is 120 cm³/mol. The normalized spacial score (nSPS) is 25.2. The second kappa shape index (κ2) is 7.88. The molecule has 2 bridgehead atoms. The number of sulfonamides is 1. The maximum Gasteiger partial charge on any atom is 0.213 e. The molecule has 0 radical (unpaired) electrons. The molecule has 0 spiro atoms. The molecule has 3 unspecified atom stereocenters. The number of ketones is 1. The van der Waals surface area contributed by atoms with Gasteiger partial charge in [0.15, 0.2) is 0 Å². The number of aryl methyl sites for hydroxylation is 1.